The standard InChI is InChI=1S/C24H14Br6Cl2O4/c1-35-23(33)17-9(5-25)15-13-7(21(27)28)3-11(31)19-12(32)4-8(22(29)30)14(20(13)19)16(15)10(6-26)18(17)24(34)36-2/h3-4,21-22H,5-6H2,1-2H3. The molecule has 1 aliphatic carbocycles. The molecule has 12 heteroatoms. The lowest BCUT2D eigenvalue weighted by molar-refractivity contribution is 0.0554. The molecule has 0 fully saturated rings. The minimum atomic E-state index is -0.635. The predicted molar refractivity (Wildman–Crippen MR) is 168 cm³/mol. The summed E-state index contributed by atoms with van der Waals surface area (Å²) in [6.07, 6.45) is 0. The van der Waals surface area contributed by atoms with Gasteiger partial charge in [0.2, 0.25) is 0 Å². The van der Waals surface area contributed by atoms with Crippen molar-refractivity contribution in [3.8, 4) is 22.3 Å². The van der Waals surface area contributed by atoms with Crippen molar-refractivity contribution in [3.05, 3.63) is 55.6 Å². The molecule has 4 nitrogen and oxygen atoms in total. The molecule has 0 N–H and O–H groups in total. The van der Waals surface area contributed by atoms with E-state index in [-0.39, 0.29) is 29.3 Å². The highest BCUT2D eigenvalue weighted by Gasteiger charge is 2.39. The van der Waals surface area contributed by atoms with Crippen LogP contribution in [0.3, 0.4) is 0 Å². The van der Waals surface area contributed by atoms with Crippen LogP contribution in [0.5, 0.6) is 0 Å². The summed E-state index contributed by atoms with van der Waals surface area (Å²) in [6, 6.07) is 3.71. The van der Waals surface area contributed by atoms with Crippen LogP contribution >= 0.6 is 119 Å². The van der Waals surface area contributed by atoms with Crippen molar-refractivity contribution in [2.24, 2.45) is 0 Å². The molecular formula is C24H14Br6Cl2O4. The average Bonchev–Trinajstić information content (AvgIpc) is 3.19. The van der Waals surface area contributed by atoms with Gasteiger partial charge < -0.3 is 9.47 Å². The summed E-state index contributed by atoms with van der Waals surface area (Å²) in [5.41, 5.74) is 6.54. The zero-order valence-corrected chi connectivity index (χ0v) is 29.4. The van der Waals surface area contributed by atoms with Gasteiger partial charge in [-0.2, -0.15) is 0 Å². The first-order chi connectivity index (χ1) is 17.0. The second-order valence-electron chi connectivity index (χ2n) is 7.70. The van der Waals surface area contributed by atoms with Crippen LogP contribution in [0.25, 0.3) is 33.0 Å². The summed E-state index contributed by atoms with van der Waals surface area (Å²) in [5, 5.41) is 3.04. The van der Waals surface area contributed by atoms with E-state index in [1.165, 1.54) is 14.2 Å². The van der Waals surface area contributed by atoms with E-state index in [1.54, 1.807) is 0 Å². The first kappa shape index (κ1) is 29.3. The number of hydrogen-bond acceptors (Lipinski definition) is 4. The second kappa shape index (κ2) is 11.4. The third kappa shape index (κ3) is 4.47. The number of carbonyl (C=O) groups is 2. The van der Waals surface area contributed by atoms with Crippen LogP contribution in [-0.4, -0.2) is 26.2 Å². The van der Waals surface area contributed by atoms with E-state index < -0.39 is 11.9 Å². The van der Waals surface area contributed by atoms with E-state index in [2.05, 4.69) is 95.6 Å². The Morgan fingerprint density at radius 3 is 1.36 bits per heavy atom. The summed E-state index contributed by atoms with van der Waals surface area (Å²) in [7, 11) is 2.57. The SMILES string of the molecule is COC(=O)c1c(CBr)c2c(c(CBr)c1C(=O)OC)-c1c(C(Br)Br)cc(Cl)c3c(Cl)cc(C(Br)Br)c-2c13. The van der Waals surface area contributed by atoms with Gasteiger partial charge in [0, 0.05) is 21.4 Å². The number of fused-ring (bicyclic) bond motifs is 3. The van der Waals surface area contributed by atoms with E-state index in [1.807, 2.05) is 12.1 Å². The van der Waals surface area contributed by atoms with E-state index in [0.29, 0.717) is 26.6 Å². The number of halogens is 8. The van der Waals surface area contributed by atoms with Gasteiger partial charge in [-0.3, -0.25) is 0 Å². The fraction of sp³-hybridized carbons (Fsp3) is 0.250. The van der Waals surface area contributed by atoms with E-state index in [9.17, 15) is 9.59 Å². The highest BCUT2D eigenvalue weighted by molar-refractivity contribution is 9.24. The molecule has 0 heterocycles. The number of carbonyl (C=O) groups excluding carboxylic acids is 2. The lowest BCUT2D eigenvalue weighted by Crippen LogP contribution is -2.18. The molecule has 0 atom stereocenters. The Kier molecular flexibility index (Phi) is 9.31. The highest BCUT2D eigenvalue weighted by Crippen LogP contribution is 2.60. The maximum absolute atomic E-state index is 13.2. The molecule has 0 saturated heterocycles. The van der Waals surface area contributed by atoms with Gasteiger partial charge in [-0.1, -0.05) is 119 Å². The minimum absolute atomic E-state index is 0.152. The third-order valence-electron chi connectivity index (χ3n) is 6.09. The molecule has 0 spiro atoms. The molecule has 0 radical (unpaired) electrons. The molecule has 190 valence electrons. The zero-order valence-electron chi connectivity index (χ0n) is 18.4. The van der Waals surface area contributed by atoms with Gasteiger partial charge in [-0.15, -0.1) is 0 Å². The second-order valence-corrected chi connectivity index (χ2v) is 15.8. The van der Waals surface area contributed by atoms with E-state index in [4.69, 9.17) is 32.7 Å². The number of esters is 2. The lowest BCUT2D eigenvalue weighted by Gasteiger charge is -2.22. The van der Waals surface area contributed by atoms with Gasteiger partial charge in [-0.05, 0) is 56.6 Å². The summed E-state index contributed by atoms with van der Waals surface area (Å²) >= 11 is 35.3. The first-order valence-corrected chi connectivity index (χ1v) is 16.8. The fourth-order valence-electron chi connectivity index (χ4n) is 4.79. The lowest BCUT2D eigenvalue weighted by atomic mass is 9.85. The number of hydrogen-bond donors (Lipinski definition) is 0. The van der Waals surface area contributed by atoms with Crippen molar-refractivity contribution >= 4 is 141 Å². The number of methoxy groups -OCH3 is 2. The Hall–Kier alpha value is 0.320. The Labute approximate surface area is 267 Å². The molecule has 36 heavy (non-hydrogen) atoms. The maximum atomic E-state index is 13.2. The van der Waals surface area contributed by atoms with Crippen LogP contribution in [0, 0.1) is 0 Å². The summed E-state index contributed by atoms with van der Waals surface area (Å²) in [5.74, 6) is -1.27. The molecule has 3 aromatic rings. The van der Waals surface area contributed by atoms with Crippen LogP contribution in [0.1, 0.15) is 50.4 Å². The minimum Gasteiger partial charge on any atom is -0.465 e. The molecule has 1 aliphatic rings. The Morgan fingerprint density at radius 1 is 0.722 bits per heavy atom. The van der Waals surface area contributed by atoms with Gasteiger partial charge in [-0.25, -0.2) is 9.59 Å². The van der Waals surface area contributed by atoms with Crippen molar-refractivity contribution < 1.29 is 19.1 Å². The molecule has 3 aromatic carbocycles. The third-order valence-corrected chi connectivity index (χ3v) is 9.78. The zero-order chi connectivity index (χ0) is 26.6. The average molecular weight is 917 g/mol. The normalized spacial score (nSPS) is 12.0. The largest absolute Gasteiger partial charge is 0.465 e. The van der Waals surface area contributed by atoms with Gasteiger partial charge >= 0.3 is 11.9 Å². The van der Waals surface area contributed by atoms with Crippen LogP contribution in [0.15, 0.2) is 12.1 Å². The number of rotatable bonds is 6. The first-order valence-electron chi connectivity index (χ1n) is 10.1. The molecule has 0 amide bonds. The quantitative estimate of drug-likeness (QED) is 0.143. The molecule has 0 aromatic heterocycles. The number of ether oxygens (including phenoxy) is 2. The van der Waals surface area contributed by atoms with Crippen molar-refractivity contribution in [2.75, 3.05) is 14.2 Å². The van der Waals surface area contributed by atoms with Crippen molar-refractivity contribution in [3.63, 3.8) is 0 Å². The summed E-state index contributed by atoms with van der Waals surface area (Å²) in [6.45, 7) is 0. The van der Waals surface area contributed by atoms with Gasteiger partial charge in [0.25, 0.3) is 0 Å². The number of alkyl halides is 6. The molecule has 0 saturated carbocycles. The van der Waals surface area contributed by atoms with E-state index in [0.717, 1.165) is 38.8 Å². The molecule has 0 unspecified atom stereocenters. The van der Waals surface area contributed by atoms with Gasteiger partial charge in [0.15, 0.2) is 0 Å². The Morgan fingerprint density at radius 2 is 1.08 bits per heavy atom. The maximum Gasteiger partial charge on any atom is 0.339 e. The Balaban J connectivity index is 2.43. The highest BCUT2D eigenvalue weighted by atomic mass is 79.9. The predicted octanol–water partition coefficient (Wildman–Crippen LogP) is 10.7. The molecular weight excluding hydrogens is 903 g/mol. The van der Waals surface area contributed by atoms with Crippen LogP contribution in [0.4, 0.5) is 0 Å². The molecule has 0 aliphatic heterocycles. The van der Waals surface area contributed by atoms with Gasteiger partial charge in [0.05, 0.1) is 42.9 Å². The molecule has 4 rings (SSSR count). The summed E-state index contributed by atoms with van der Waals surface area (Å²) < 4.78 is 9.77. The van der Waals surface area contributed by atoms with Crippen molar-refractivity contribution in [2.45, 2.75) is 18.1 Å². The number of benzene rings is 3. The van der Waals surface area contributed by atoms with Crippen molar-refractivity contribution in [1.29, 1.82) is 0 Å². The molecule has 0 bridgehead atoms. The topological polar surface area (TPSA) is 52.6 Å². The fourth-order valence-corrected chi connectivity index (χ4v) is 8.03. The smallest absolute Gasteiger partial charge is 0.339 e. The van der Waals surface area contributed by atoms with E-state index >= 15 is 0 Å². The Bertz CT molecular complexity index is 1350. The monoisotopic (exact) mass is 910 g/mol. The van der Waals surface area contributed by atoms with Crippen LogP contribution < -0.4 is 0 Å². The van der Waals surface area contributed by atoms with Crippen LogP contribution in [0.2, 0.25) is 10.0 Å². The van der Waals surface area contributed by atoms with Crippen LogP contribution in [-0.2, 0) is 20.1 Å². The summed E-state index contributed by atoms with van der Waals surface area (Å²) in [4.78, 5) is 26.4. The van der Waals surface area contributed by atoms with Crippen molar-refractivity contribution in [1.82, 2.24) is 0 Å². The van der Waals surface area contributed by atoms with Gasteiger partial charge in [0.1, 0.15) is 0 Å².